The van der Waals surface area contributed by atoms with Gasteiger partial charge in [0.05, 0.1) is 0 Å². The normalized spacial score (nSPS) is 10.9. The molecule has 0 saturated heterocycles. The third-order valence-electron chi connectivity index (χ3n) is 2.00. The molecule has 0 aliphatic heterocycles. The van der Waals surface area contributed by atoms with Crippen molar-refractivity contribution >= 4 is 23.6 Å². The van der Waals surface area contributed by atoms with Gasteiger partial charge in [-0.2, -0.15) is 0 Å². The van der Waals surface area contributed by atoms with Crippen LogP contribution in [0.2, 0.25) is 0 Å². The van der Waals surface area contributed by atoms with Gasteiger partial charge in [-0.3, -0.25) is 4.79 Å². The van der Waals surface area contributed by atoms with E-state index in [4.69, 9.17) is 10.8 Å². The van der Waals surface area contributed by atoms with Gasteiger partial charge in [0.2, 0.25) is 5.91 Å². The van der Waals surface area contributed by atoms with E-state index in [1.807, 2.05) is 0 Å². The highest BCUT2D eigenvalue weighted by atomic mass is 16.4. The van der Waals surface area contributed by atoms with Gasteiger partial charge < -0.3 is 16.2 Å². The van der Waals surface area contributed by atoms with E-state index in [0.717, 1.165) is 11.6 Å². The number of carboxylic acid groups (broad SMARTS) is 1. The molecule has 0 heterocycles. The van der Waals surface area contributed by atoms with Crippen molar-refractivity contribution in [3.05, 3.63) is 48.1 Å². The Hall–Kier alpha value is -2.40. The van der Waals surface area contributed by atoms with Gasteiger partial charge in [-0.1, -0.05) is 18.2 Å². The monoisotopic (exact) mass is 246 g/mol. The van der Waals surface area contributed by atoms with Crippen LogP contribution < -0.4 is 11.1 Å². The van der Waals surface area contributed by atoms with Crippen molar-refractivity contribution in [2.45, 2.75) is 0 Å². The molecule has 0 fully saturated rings. The highest BCUT2D eigenvalue weighted by Crippen LogP contribution is 2.10. The maximum Gasteiger partial charge on any atom is 0.328 e. The Bertz CT molecular complexity index is 476. The summed E-state index contributed by atoms with van der Waals surface area (Å²) in [4.78, 5) is 21.6. The van der Waals surface area contributed by atoms with E-state index in [0.29, 0.717) is 12.2 Å². The Morgan fingerprint density at radius 1 is 1.22 bits per heavy atom. The van der Waals surface area contributed by atoms with Gasteiger partial charge in [0.25, 0.3) is 0 Å². The molecule has 1 rings (SSSR count). The van der Waals surface area contributed by atoms with E-state index in [1.165, 1.54) is 12.2 Å². The zero-order chi connectivity index (χ0) is 13.4. The second kappa shape index (κ2) is 7.03. The fourth-order valence-electron chi connectivity index (χ4n) is 1.20. The van der Waals surface area contributed by atoms with Crippen LogP contribution in [0.15, 0.2) is 42.5 Å². The lowest BCUT2D eigenvalue weighted by Crippen LogP contribution is -2.08. The zero-order valence-corrected chi connectivity index (χ0v) is 9.67. The SMILES string of the molecule is NC/C=C/C(=O)Nc1ccc(/C=C/C(=O)O)cc1. The summed E-state index contributed by atoms with van der Waals surface area (Å²) >= 11 is 0. The number of hydrogen-bond acceptors (Lipinski definition) is 3. The molecule has 0 spiro atoms. The van der Waals surface area contributed by atoms with Crippen LogP contribution in [0, 0.1) is 0 Å². The summed E-state index contributed by atoms with van der Waals surface area (Å²) < 4.78 is 0. The number of carbonyl (C=O) groups is 2. The molecule has 0 aromatic heterocycles. The third kappa shape index (κ3) is 5.09. The predicted octanol–water partition coefficient (Wildman–Crippen LogP) is 1.24. The molecule has 0 atom stereocenters. The molecule has 0 bridgehead atoms. The van der Waals surface area contributed by atoms with Gasteiger partial charge >= 0.3 is 5.97 Å². The first kappa shape index (κ1) is 13.7. The van der Waals surface area contributed by atoms with Crippen molar-refractivity contribution in [3.8, 4) is 0 Å². The summed E-state index contributed by atoms with van der Waals surface area (Å²) in [5.41, 5.74) is 6.60. The number of nitrogens with two attached hydrogens (primary N) is 1. The number of rotatable bonds is 5. The fraction of sp³-hybridized carbons (Fsp3) is 0.0769. The molecule has 0 aliphatic rings. The smallest absolute Gasteiger partial charge is 0.328 e. The fourth-order valence-corrected chi connectivity index (χ4v) is 1.20. The number of nitrogens with one attached hydrogen (secondary N) is 1. The van der Waals surface area contributed by atoms with Gasteiger partial charge in [0.15, 0.2) is 0 Å². The van der Waals surface area contributed by atoms with Crippen LogP contribution in [0.25, 0.3) is 6.08 Å². The Morgan fingerprint density at radius 3 is 2.44 bits per heavy atom. The summed E-state index contributed by atoms with van der Waals surface area (Å²) in [5.74, 6) is -1.26. The number of aliphatic carboxylic acids is 1. The van der Waals surface area contributed by atoms with E-state index >= 15 is 0 Å². The number of carboxylic acids is 1. The number of anilines is 1. The molecule has 0 aliphatic carbocycles. The molecular weight excluding hydrogens is 232 g/mol. The molecular formula is C13H14N2O3. The standard InChI is InChI=1S/C13H14N2O3/c14-9-1-2-12(16)15-11-6-3-10(4-7-11)5-8-13(17)18/h1-8H,9,14H2,(H,15,16)(H,17,18)/b2-1+,8-5+. The molecule has 0 saturated carbocycles. The summed E-state index contributed by atoms with van der Waals surface area (Å²) in [5, 5.41) is 11.1. The number of amides is 1. The quantitative estimate of drug-likeness (QED) is 0.681. The van der Waals surface area contributed by atoms with Gasteiger partial charge in [-0.15, -0.1) is 0 Å². The lowest BCUT2D eigenvalue weighted by atomic mass is 10.2. The summed E-state index contributed by atoms with van der Waals surface area (Å²) in [7, 11) is 0. The lowest BCUT2D eigenvalue weighted by molar-refractivity contribution is -0.131. The molecule has 18 heavy (non-hydrogen) atoms. The Kier molecular flexibility index (Phi) is 5.34. The molecule has 5 nitrogen and oxygen atoms in total. The molecule has 0 unspecified atom stereocenters. The van der Waals surface area contributed by atoms with Crippen LogP contribution in [0.4, 0.5) is 5.69 Å². The highest BCUT2D eigenvalue weighted by molar-refractivity contribution is 5.99. The topological polar surface area (TPSA) is 92.4 Å². The maximum atomic E-state index is 11.3. The van der Waals surface area contributed by atoms with Gasteiger partial charge in [-0.25, -0.2) is 4.79 Å². The minimum Gasteiger partial charge on any atom is -0.478 e. The van der Waals surface area contributed by atoms with Gasteiger partial charge in [0, 0.05) is 24.4 Å². The largest absolute Gasteiger partial charge is 0.478 e. The summed E-state index contributed by atoms with van der Waals surface area (Å²) in [6, 6.07) is 6.80. The van der Waals surface area contributed by atoms with Crippen molar-refractivity contribution < 1.29 is 14.7 Å². The van der Waals surface area contributed by atoms with Crippen LogP contribution in [-0.2, 0) is 9.59 Å². The van der Waals surface area contributed by atoms with E-state index in [1.54, 1.807) is 30.3 Å². The number of hydrogen-bond donors (Lipinski definition) is 3. The van der Waals surface area contributed by atoms with E-state index < -0.39 is 5.97 Å². The predicted molar refractivity (Wildman–Crippen MR) is 69.9 cm³/mol. The zero-order valence-electron chi connectivity index (χ0n) is 9.67. The summed E-state index contributed by atoms with van der Waals surface area (Å²) in [6.07, 6.45) is 5.44. The minimum atomic E-state index is -1.00. The van der Waals surface area contributed by atoms with E-state index in [-0.39, 0.29) is 5.91 Å². The summed E-state index contributed by atoms with van der Waals surface area (Å²) in [6.45, 7) is 0.312. The number of carbonyl (C=O) groups excluding carboxylic acids is 1. The van der Waals surface area contributed by atoms with Crippen molar-refractivity contribution in [1.82, 2.24) is 0 Å². The minimum absolute atomic E-state index is 0.255. The molecule has 1 aromatic rings. The second-order valence-corrected chi connectivity index (χ2v) is 3.42. The Labute approximate surface area is 105 Å². The first-order valence-electron chi connectivity index (χ1n) is 5.30. The van der Waals surface area contributed by atoms with E-state index in [9.17, 15) is 9.59 Å². The maximum absolute atomic E-state index is 11.3. The first-order chi connectivity index (χ1) is 8.61. The molecule has 4 N–H and O–H groups in total. The van der Waals surface area contributed by atoms with E-state index in [2.05, 4.69) is 5.32 Å². The van der Waals surface area contributed by atoms with Crippen LogP contribution in [0.5, 0.6) is 0 Å². The first-order valence-corrected chi connectivity index (χ1v) is 5.30. The molecule has 5 heteroatoms. The highest BCUT2D eigenvalue weighted by Gasteiger charge is 1.97. The lowest BCUT2D eigenvalue weighted by Gasteiger charge is -2.02. The van der Waals surface area contributed by atoms with Crippen LogP contribution in [0.1, 0.15) is 5.56 Å². The van der Waals surface area contributed by atoms with Crippen LogP contribution in [-0.4, -0.2) is 23.5 Å². The number of benzene rings is 1. The van der Waals surface area contributed by atoms with Gasteiger partial charge in [0.1, 0.15) is 0 Å². The average molecular weight is 246 g/mol. The Morgan fingerprint density at radius 2 is 1.89 bits per heavy atom. The van der Waals surface area contributed by atoms with Gasteiger partial charge in [-0.05, 0) is 23.8 Å². The average Bonchev–Trinajstić information content (AvgIpc) is 2.35. The second-order valence-electron chi connectivity index (χ2n) is 3.42. The van der Waals surface area contributed by atoms with Crippen LogP contribution in [0.3, 0.4) is 0 Å². The van der Waals surface area contributed by atoms with Crippen molar-refractivity contribution in [2.24, 2.45) is 5.73 Å². The molecule has 94 valence electrons. The molecule has 0 radical (unpaired) electrons. The molecule has 1 amide bonds. The Balaban J connectivity index is 2.63. The molecule has 1 aromatic carbocycles. The van der Waals surface area contributed by atoms with Crippen LogP contribution >= 0.6 is 0 Å². The third-order valence-corrected chi connectivity index (χ3v) is 2.00. The van der Waals surface area contributed by atoms with Crippen molar-refractivity contribution in [1.29, 1.82) is 0 Å². The van der Waals surface area contributed by atoms with Crippen molar-refractivity contribution in [2.75, 3.05) is 11.9 Å². The van der Waals surface area contributed by atoms with Crippen molar-refractivity contribution in [3.63, 3.8) is 0 Å².